The van der Waals surface area contributed by atoms with Gasteiger partial charge in [-0.25, -0.2) is 9.97 Å². The predicted octanol–water partition coefficient (Wildman–Crippen LogP) is 0.949. The van der Waals surface area contributed by atoms with Crippen molar-refractivity contribution in [2.75, 3.05) is 24.1 Å². The molecule has 0 fully saturated rings. The number of hydrogen-bond donors (Lipinski definition) is 3. The second-order valence-electron chi connectivity index (χ2n) is 3.97. The van der Waals surface area contributed by atoms with Gasteiger partial charge in [-0.2, -0.15) is 0 Å². The monoisotopic (exact) mass is 251 g/mol. The van der Waals surface area contributed by atoms with Gasteiger partial charge in [0.15, 0.2) is 0 Å². The molecule has 0 unspecified atom stereocenters. The zero-order valence-electron chi connectivity index (χ0n) is 11.0. The molecule has 0 saturated heterocycles. The summed E-state index contributed by atoms with van der Waals surface area (Å²) in [6, 6.07) is 0. The molecule has 4 N–H and O–H groups in total. The van der Waals surface area contributed by atoms with Crippen LogP contribution in [0.2, 0.25) is 0 Å². The van der Waals surface area contributed by atoms with E-state index in [1.165, 1.54) is 6.33 Å². The van der Waals surface area contributed by atoms with Crippen molar-refractivity contribution in [1.82, 2.24) is 15.3 Å². The Balaban J connectivity index is 2.56. The highest BCUT2D eigenvalue weighted by molar-refractivity contribution is 5.76. The Morgan fingerprint density at radius 1 is 1.39 bits per heavy atom. The third-order valence-corrected chi connectivity index (χ3v) is 2.50. The minimum atomic E-state index is 0.0315. The third-order valence-electron chi connectivity index (χ3n) is 2.50. The molecule has 0 aliphatic rings. The van der Waals surface area contributed by atoms with Gasteiger partial charge < -0.3 is 16.4 Å². The van der Waals surface area contributed by atoms with Gasteiger partial charge in [-0.3, -0.25) is 4.79 Å². The van der Waals surface area contributed by atoms with E-state index < -0.39 is 0 Å². The number of carbonyl (C=O) groups is 1. The summed E-state index contributed by atoms with van der Waals surface area (Å²) in [7, 11) is 0. The molecule has 6 heteroatoms. The molecular weight excluding hydrogens is 230 g/mol. The van der Waals surface area contributed by atoms with Gasteiger partial charge in [0.2, 0.25) is 5.91 Å². The molecule has 18 heavy (non-hydrogen) atoms. The van der Waals surface area contributed by atoms with E-state index in [-0.39, 0.29) is 5.91 Å². The highest BCUT2D eigenvalue weighted by Crippen LogP contribution is 2.18. The van der Waals surface area contributed by atoms with E-state index in [4.69, 9.17) is 5.73 Å². The normalized spacial score (nSPS) is 10.1. The second kappa shape index (κ2) is 7.47. The summed E-state index contributed by atoms with van der Waals surface area (Å²) in [4.78, 5) is 19.4. The van der Waals surface area contributed by atoms with Crippen LogP contribution >= 0.6 is 0 Å². The minimum absolute atomic E-state index is 0.0315. The van der Waals surface area contributed by atoms with E-state index >= 15 is 0 Å². The van der Waals surface area contributed by atoms with E-state index in [2.05, 4.69) is 27.5 Å². The standard InChI is InChI=1S/C12H21N5O/c1-3-5-9-11(13)16-8-17-12(9)15-7-6-10(18)14-4-2/h8H,3-7H2,1-2H3,(H,14,18)(H3,13,15,16,17). The molecule has 0 bridgehead atoms. The van der Waals surface area contributed by atoms with Gasteiger partial charge in [-0.1, -0.05) is 13.3 Å². The molecule has 1 amide bonds. The number of rotatable bonds is 7. The first-order valence-corrected chi connectivity index (χ1v) is 6.28. The summed E-state index contributed by atoms with van der Waals surface area (Å²) in [6.07, 6.45) is 3.66. The molecule has 0 spiro atoms. The largest absolute Gasteiger partial charge is 0.383 e. The summed E-state index contributed by atoms with van der Waals surface area (Å²) in [6.45, 7) is 5.17. The second-order valence-corrected chi connectivity index (χ2v) is 3.97. The van der Waals surface area contributed by atoms with Crippen molar-refractivity contribution < 1.29 is 4.79 Å². The lowest BCUT2D eigenvalue weighted by molar-refractivity contribution is -0.120. The highest BCUT2D eigenvalue weighted by atomic mass is 16.1. The van der Waals surface area contributed by atoms with Gasteiger partial charge in [-0.15, -0.1) is 0 Å². The van der Waals surface area contributed by atoms with Crippen LogP contribution in [-0.2, 0) is 11.2 Å². The first kappa shape index (κ1) is 14.2. The average molecular weight is 251 g/mol. The number of nitrogens with zero attached hydrogens (tertiary/aromatic N) is 2. The zero-order chi connectivity index (χ0) is 13.4. The molecule has 0 radical (unpaired) electrons. The van der Waals surface area contributed by atoms with Crippen LogP contribution in [0.5, 0.6) is 0 Å². The van der Waals surface area contributed by atoms with E-state index in [1.807, 2.05) is 6.92 Å². The Hall–Kier alpha value is -1.85. The molecule has 1 aromatic rings. The number of nitrogen functional groups attached to an aromatic ring is 1. The maximum absolute atomic E-state index is 11.3. The molecule has 6 nitrogen and oxygen atoms in total. The van der Waals surface area contributed by atoms with Crippen LogP contribution in [0.1, 0.15) is 32.3 Å². The summed E-state index contributed by atoms with van der Waals surface area (Å²) in [5.41, 5.74) is 6.74. The minimum Gasteiger partial charge on any atom is -0.383 e. The highest BCUT2D eigenvalue weighted by Gasteiger charge is 2.08. The molecule has 1 aromatic heterocycles. The van der Waals surface area contributed by atoms with Crippen LogP contribution < -0.4 is 16.4 Å². The van der Waals surface area contributed by atoms with Crippen LogP contribution in [0, 0.1) is 0 Å². The third kappa shape index (κ3) is 4.20. The van der Waals surface area contributed by atoms with Crippen molar-refractivity contribution >= 4 is 17.5 Å². The molecule has 0 aliphatic carbocycles. The Bertz CT molecular complexity index is 394. The molecule has 0 saturated carbocycles. The molecule has 100 valence electrons. The fraction of sp³-hybridized carbons (Fsp3) is 0.583. The first-order valence-electron chi connectivity index (χ1n) is 6.28. The van der Waals surface area contributed by atoms with E-state index in [0.717, 1.165) is 24.2 Å². The van der Waals surface area contributed by atoms with E-state index in [9.17, 15) is 4.79 Å². The van der Waals surface area contributed by atoms with Gasteiger partial charge in [0.25, 0.3) is 0 Å². The lowest BCUT2D eigenvalue weighted by Crippen LogP contribution is -2.25. The molecule has 0 aliphatic heterocycles. The fourth-order valence-corrected chi connectivity index (χ4v) is 1.65. The number of carbonyl (C=O) groups excluding carboxylic acids is 1. The Morgan fingerprint density at radius 2 is 2.17 bits per heavy atom. The van der Waals surface area contributed by atoms with Crippen molar-refractivity contribution in [3.05, 3.63) is 11.9 Å². The zero-order valence-corrected chi connectivity index (χ0v) is 11.0. The van der Waals surface area contributed by atoms with Gasteiger partial charge in [0, 0.05) is 25.1 Å². The van der Waals surface area contributed by atoms with Crippen LogP contribution in [0.4, 0.5) is 11.6 Å². The lowest BCUT2D eigenvalue weighted by atomic mass is 10.1. The van der Waals surface area contributed by atoms with Gasteiger partial charge >= 0.3 is 0 Å². The molecule has 0 atom stereocenters. The first-order chi connectivity index (χ1) is 8.69. The van der Waals surface area contributed by atoms with Gasteiger partial charge in [0.1, 0.15) is 18.0 Å². The van der Waals surface area contributed by atoms with E-state index in [0.29, 0.717) is 25.3 Å². The number of nitrogens with two attached hydrogens (primary N) is 1. The van der Waals surface area contributed by atoms with Gasteiger partial charge in [0.05, 0.1) is 0 Å². The maximum Gasteiger partial charge on any atom is 0.221 e. The van der Waals surface area contributed by atoms with Crippen LogP contribution in [0.25, 0.3) is 0 Å². The number of anilines is 2. The van der Waals surface area contributed by atoms with Crippen LogP contribution in [-0.4, -0.2) is 29.0 Å². The van der Waals surface area contributed by atoms with Crippen molar-refractivity contribution in [2.45, 2.75) is 33.1 Å². The van der Waals surface area contributed by atoms with Crippen LogP contribution in [0.15, 0.2) is 6.33 Å². The maximum atomic E-state index is 11.3. The lowest BCUT2D eigenvalue weighted by Gasteiger charge is -2.11. The van der Waals surface area contributed by atoms with Gasteiger partial charge in [-0.05, 0) is 13.3 Å². The van der Waals surface area contributed by atoms with E-state index in [1.54, 1.807) is 0 Å². The topological polar surface area (TPSA) is 92.9 Å². The molecule has 1 heterocycles. The number of hydrogen-bond acceptors (Lipinski definition) is 5. The summed E-state index contributed by atoms with van der Waals surface area (Å²) >= 11 is 0. The number of nitrogens with one attached hydrogen (secondary N) is 2. The molecule has 1 rings (SSSR count). The smallest absolute Gasteiger partial charge is 0.221 e. The van der Waals surface area contributed by atoms with Crippen LogP contribution in [0.3, 0.4) is 0 Å². The fourth-order valence-electron chi connectivity index (χ4n) is 1.65. The number of amides is 1. The Morgan fingerprint density at radius 3 is 2.83 bits per heavy atom. The Kier molecular flexibility index (Phi) is 5.90. The molecule has 0 aromatic carbocycles. The SMILES string of the molecule is CCCc1c(N)ncnc1NCCC(=O)NCC. The average Bonchev–Trinajstić information content (AvgIpc) is 2.34. The number of aromatic nitrogens is 2. The quantitative estimate of drug-likeness (QED) is 0.671. The van der Waals surface area contributed by atoms with Crippen molar-refractivity contribution in [2.24, 2.45) is 0 Å². The summed E-state index contributed by atoms with van der Waals surface area (Å²) in [5, 5.41) is 5.88. The molecular formula is C12H21N5O. The van der Waals surface area contributed by atoms with Crippen molar-refractivity contribution in [1.29, 1.82) is 0 Å². The Labute approximate surface area is 107 Å². The summed E-state index contributed by atoms with van der Waals surface area (Å²) in [5.74, 6) is 1.27. The predicted molar refractivity (Wildman–Crippen MR) is 72.2 cm³/mol. The van der Waals surface area contributed by atoms with Crippen molar-refractivity contribution in [3.8, 4) is 0 Å². The summed E-state index contributed by atoms with van der Waals surface area (Å²) < 4.78 is 0. The van der Waals surface area contributed by atoms with Crippen molar-refractivity contribution in [3.63, 3.8) is 0 Å².